The third-order valence-corrected chi connectivity index (χ3v) is 12.3. The van der Waals surface area contributed by atoms with Gasteiger partial charge in [-0.3, -0.25) is 0 Å². The van der Waals surface area contributed by atoms with Gasteiger partial charge < -0.3 is 9.13 Å². The second-order valence-corrected chi connectivity index (χ2v) is 15.9. The van der Waals surface area contributed by atoms with Crippen LogP contribution >= 0.6 is 0 Å². The third kappa shape index (κ3) is 6.03. The van der Waals surface area contributed by atoms with Crippen molar-refractivity contribution in [3.8, 4) is 55.9 Å². The Morgan fingerprint density at radius 2 is 0.767 bits per heavy atom. The highest BCUT2D eigenvalue weighted by molar-refractivity contribution is 6.29. The lowest BCUT2D eigenvalue weighted by Gasteiger charge is -2.17. The van der Waals surface area contributed by atoms with Gasteiger partial charge in [-0.2, -0.15) is 0 Å². The molecule has 286 valence electrons. The van der Waals surface area contributed by atoms with E-state index in [2.05, 4.69) is 228 Å². The highest BCUT2D eigenvalue weighted by atomic mass is 15.0. The molecule has 0 saturated carbocycles. The average molecular weight is 769 g/mol. The minimum atomic E-state index is 1.07. The molecule has 0 aliphatic heterocycles. The van der Waals surface area contributed by atoms with Crippen LogP contribution in [0.5, 0.6) is 0 Å². The van der Waals surface area contributed by atoms with E-state index in [-0.39, 0.29) is 0 Å². The molecule has 0 atom stereocenters. The average Bonchev–Trinajstić information content (AvgIpc) is 3.84. The predicted molar refractivity (Wildman–Crippen MR) is 255 cm³/mol. The number of aromatic nitrogens is 2. The van der Waals surface area contributed by atoms with Crippen molar-refractivity contribution < 1.29 is 0 Å². The molecule has 2 nitrogen and oxygen atoms in total. The summed E-state index contributed by atoms with van der Waals surface area (Å²) in [6, 6.07) is 78.1. The minimum Gasteiger partial charge on any atom is -0.309 e. The minimum absolute atomic E-state index is 1.07. The van der Waals surface area contributed by atoms with E-state index in [0.29, 0.717) is 0 Å². The van der Waals surface area contributed by atoms with Crippen molar-refractivity contribution in [3.05, 3.63) is 218 Å². The van der Waals surface area contributed by atoms with Crippen molar-refractivity contribution in [2.45, 2.75) is 26.2 Å². The molecule has 0 aliphatic carbocycles. The van der Waals surface area contributed by atoms with Gasteiger partial charge in [0.05, 0.1) is 33.4 Å². The number of benzene rings is 9. The summed E-state index contributed by atoms with van der Waals surface area (Å²) in [5, 5.41) is 5.07. The van der Waals surface area contributed by atoms with Crippen LogP contribution < -0.4 is 0 Å². The molecule has 9 aromatic carbocycles. The summed E-state index contributed by atoms with van der Waals surface area (Å²) >= 11 is 0. The summed E-state index contributed by atoms with van der Waals surface area (Å²) < 4.78 is 5.00. The van der Waals surface area contributed by atoms with Crippen molar-refractivity contribution in [1.82, 2.24) is 9.13 Å². The van der Waals surface area contributed by atoms with Crippen LogP contribution in [0.2, 0.25) is 0 Å². The van der Waals surface area contributed by atoms with E-state index in [0.717, 1.165) is 6.42 Å². The Kier molecular flexibility index (Phi) is 8.97. The fraction of sp³-hybridized carbons (Fsp3) is 0.0690. The van der Waals surface area contributed by atoms with Gasteiger partial charge in [0.25, 0.3) is 0 Å². The molecule has 0 fully saturated rings. The molecule has 2 heterocycles. The Morgan fingerprint density at radius 1 is 0.333 bits per heavy atom. The van der Waals surface area contributed by atoms with E-state index in [1.165, 1.54) is 118 Å². The monoisotopic (exact) mass is 768 g/mol. The Hall–Kier alpha value is -7.42. The largest absolute Gasteiger partial charge is 0.309 e. The predicted octanol–water partition coefficient (Wildman–Crippen LogP) is 15.9. The molecule has 0 aliphatic rings. The molecule has 0 unspecified atom stereocenters. The normalized spacial score (nSPS) is 11.6. The lowest BCUT2D eigenvalue weighted by Crippen LogP contribution is -1.99. The molecule has 0 N–H and O–H groups in total. The number of unbranched alkanes of at least 4 members (excludes halogenated alkanes) is 1. The first-order valence-corrected chi connectivity index (χ1v) is 21.2. The summed E-state index contributed by atoms with van der Waals surface area (Å²) in [4.78, 5) is 0. The highest BCUT2D eigenvalue weighted by Crippen LogP contribution is 2.45. The molecule has 0 spiro atoms. The molecular weight excluding hydrogens is 725 g/mol. The van der Waals surface area contributed by atoms with Gasteiger partial charge in [0, 0.05) is 32.7 Å². The molecule has 0 bridgehead atoms. The van der Waals surface area contributed by atoms with Gasteiger partial charge in [0.15, 0.2) is 0 Å². The van der Waals surface area contributed by atoms with Crippen LogP contribution in [0, 0.1) is 0 Å². The van der Waals surface area contributed by atoms with Crippen molar-refractivity contribution in [2.75, 3.05) is 0 Å². The van der Waals surface area contributed by atoms with Crippen LogP contribution in [0.25, 0.3) is 99.5 Å². The number of rotatable bonds is 9. The second-order valence-electron chi connectivity index (χ2n) is 15.9. The van der Waals surface area contributed by atoms with Gasteiger partial charge in [-0.1, -0.05) is 183 Å². The first kappa shape index (κ1) is 35.7. The number of nitrogens with zero attached hydrogens (tertiary/aromatic N) is 2. The van der Waals surface area contributed by atoms with Gasteiger partial charge >= 0.3 is 0 Å². The summed E-state index contributed by atoms with van der Waals surface area (Å²) in [5.74, 6) is 0. The zero-order valence-corrected chi connectivity index (χ0v) is 33.7. The van der Waals surface area contributed by atoms with Crippen LogP contribution in [0.3, 0.4) is 0 Å². The Morgan fingerprint density at radius 3 is 1.32 bits per heavy atom. The lowest BCUT2D eigenvalue weighted by atomic mass is 9.96. The van der Waals surface area contributed by atoms with Gasteiger partial charge in [-0.25, -0.2) is 0 Å². The number of hydrogen-bond donors (Lipinski definition) is 0. The summed E-state index contributed by atoms with van der Waals surface area (Å²) in [5.41, 5.74) is 18.3. The number of hydrogen-bond acceptors (Lipinski definition) is 0. The molecule has 0 radical (unpaired) electrons. The van der Waals surface area contributed by atoms with Crippen molar-refractivity contribution in [1.29, 1.82) is 0 Å². The zero-order chi connectivity index (χ0) is 40.0. The molecule has 11 aromatic rings. The van der Waals surface area contributed by atoms with Crippen molar-refractivity contribution >= 4 is 43.6 Å². The van der Waals surface area contributed by atoms with Gasteiger partial charge in [0.1, 0.15) is 0 Å². The zero-order valence-electron chi connectivity index (χ0n) is 33.7. The van der Waals surface area contributed by atoms with E-state index in [4.69, 9.17) is 0 Å². The standard InChI is InChI=1S/C58H44N2/c1-2-3-16-40-27-36-54(50(39-40)46-34-30-44(31-35-46)42-19-8-5-9-20-42)60-53-26-15-12-23-49(53)58-56(60)38-37-55-57(58)48-22-11-14-25-52(48)59(55)51-24-13-10-21-47(51)45-32-28-43(29-33-45)41-17-6-4-7-18-41/h4-15,17-39H,2-3,16H2,1H3. The molecule has 11 rings (SSSR count). The van der Waals surface area contributed by atoms with Gasteiger partial charge in [0.2, 0.25) is 0 Å². The van der Waals surface area contributed by atoms with E-state index in [1.54, 1.807) is 0 Å². The first-order chi connectivity index (χ1) is 29.7. The lowest BCUT2D eigenvalue weighted by molar-refractivity contribution is 0.795. The van der Waals surface area contributed by atoms with E-state index >= 15 is 0 Å². The van der Waals surface area contributed by atoms with Crippen LogP contribution in [0.4, 0.5) is 0 Å². The van der Waals surface area contributed by atoms with Crippen LogP contribution in [-0.4, -0.2) is 9.13 Å². The molecule has 2 heteroatoms. The van der Waals surface area contributed by atoms with Gasteiger partial charge in [-0.15, -0.1) is 0 Å². The molecule has 2 aromatic heterocycles. The Balaban J connectivity index is 1.13. The van der Waals surface area contributed by atoms with Crippen LogP contribution in [0.15, 0.2) is 212 Å². The van der Waals surface area contributed by atoms with Crippen molar-refractivity contribution in [3.63, 3.8) is 0 Å². The topological polar surface area (TPSA) is 9.86 Å². The van der Waals surface area contributed by atoms with E-state index in [1.807, 2.05) is 0 Å². The third-order valence-electron chi connectivity index (χ3n) is 12.3. The fourth-order valence-corrected chi connectivity index (χ4v) is 9.44. The van der Waals surface area contributed by atoms with E-state index < -0.39 is 0 Å². The summed E-state index contributed by atoms with van der Waals surface area (Å²) in [6.45, 7) is 2.27. The maximum absolute atomic E-state index is 2.52. The summed E-state index contributed by atoms with van der Waals surface area (Å²) in [6.07, 6.45) is 3.41. The summed E-state index contributed by atoms with van der Waals surface area (Å²) in [7, 11) is 0. The number of aryl methyl sites for hydroxylation is 1. The smallest absolute Gasteiger partial charge is 0.0549 e. The second kappa shape index (κ2) is 15.1. The van der Waals surface area contributed by atoms with Crippen LogP contribution in [0.1, 0.15) is 25.3 Å². The molecule has 0 amide bonds. The highest BCUT2D eigenvalue weighted by Gasteiger charge is 2.23. The van der Waals surface area contributed by atoms with Gasteiger partial charge in [-0.05, 0) is 94.3 Å². The fourth-order valence-electron chi connectivity index (χ4n) is 9.44. The number of fused-ring (bicyclic) bond motifs is 7. The van der Waals surface area contributed by atoms with E-state index in [9.17, 15) is 0 Å². The SMILES string of the molecule is CCCCc1ccc(-n2c3ccccc3c3c4c5ccccc5n(-c5ccccc5-c5ccc(-c6ccccc6)cc5)c4ccc32)c(-c2ccc(-c3ccccc3)cc2)c1. The Bertz CT molecular complexity index is 3310. The van der Waals surface area contributed by atoms with Crippen LogP contribution in [-0.2, 0) is 6.42 Å². The number of para-hydroxylation sites is 3. The maximum Gasteiger partial charge on any atom is 0.0549 e. The maximum atomic E-state index is 2.52. The quantitative estimate of drug-likeness (QED) is 0.138. The molecule has 60 heavy (non-hydrogen) atoms. The Labute approximate surface area is 351 Å². The molecule has 0 saturated heterocycles. The molecular formula is C58H44N2. The first-order valence-electron chi connectivity index (χ1n) is 21.2. The van der Waals surface area contributed by atoms with Crippen molar-refractivity contribution in [2.24, 2.45) is 0 Å².